The first kappa shape index (κ1) is 12.7. The fourth-order valence-electron chi connectivity index (χ4n) is 1.05. The Balaban J connectivity index is 2.47. The molecule has 1 heterocycles. The lowest BCUT2D eigenvalue weighted by molar-refractivity contribution is -0.121. The van der Waals surface area contributed by atoms with Crippen molar-refractivity contribution in [2.75, 3.05) is 11.9 Å². The number of amides is 1. The second-order valence-corrected chi connectivity index (χ2v) is 3.82. The number of anilines is 1. The molecule has 0 spiro atoms. The summed E-state index contributed by atoms with van der Waals surface area (Å²) in [7, 11) is 0. The molecule has 0 aromatic carbocycles. The van der Waals surface area contributed by atoms with Crippen LogP contribution in [0.2, 0.25) is 5.02 Å². The number of nitrogens with zero attached hydrogens (tertiary/aromatic N) is 2. The Kier molecular flexibility index (Phi) is 4.98. The molecule has 2 N–H and O–H groups in total. The van der Waals surface area contributed by atoms with Crippen molar-refractivity contribution in [2.24, 2.45) is 0 Å². The maximum absolute atomic E-state index is 11.5. The van der Waals surface area contributed by atoms with Gasteiger partial charge < -0.3 is 10.6 Å². The van der Waals surface area contributed by atoms with Gasteiger partial charge in [-0.1, -0.05) is 18.5 Å². The Morgan fingerprint density at radius 2 is 2.12 bits per heavy atom. The van der Waals surface area contributed by atoms with Crippen molar-refractivity contribution in [3.8, 4) is 0 Å². The van der Waals surface area contributed by atoms with E-state index in [1.54, 1.807) is 6.92 Å². The van der Waals surface area contributed by atoms with E-state index in [1.165, 1.54) is 12.4 Å². The molecule has 0 aliphatic carbocycles. The Morgan fingerprint density at radius 3 is 2.69 bits per heavy atom. The SMILES string of the molecule is CCCNC(=O)C(C)Nc1ncc(Cl)cn1. The van der Waals surface area contributed by atoms with Gasteiger partial charge in [0.2, 0.25) is 11.9 Å². The van der Waals surface area contributed by atoms with Crippen molar-refractivity contribution in [2.45, 2.75) is 26.3 Å². The molecule has 0 saturated carbocycles. The zero-order chi connectivity index (χ0) is 12.0. The molecule has 1 rings (SSSR count). The van der Waals surface area contributed by atoms with Gasteiger partial charge in [0.1, 0.15) is 6.04 Å². The first-order chi connectivity index (χ1) is 7.63. The van der Waals surface area contributed by atoms with Crippen LogP contribution in [0, 0.1) is 0 Å². The number of carbonyl (C=O) groups is 1. The van der Waals surface area contributed by atoms with Crippen LogP contribution in [0.3, 0.4) is 0 Å². The Bertz CT molecular complexity index is 341. The van der Waals surface area contributed by atoms with E-state index in [9.17, 15) is 4.79 Å². The Hall–Kier alpha value is -1.36. The standard InChI is InChI=1S/C10H15ClN4O/c1-3-4-12-9(16)7(2)15-10-13-5-8(11)6-14-10/h5-7H,3-4H2,1-2H3,(H,12,16)(H,13,14,15). The minimum Gasteiger partial charge on any atom is -0.354 e. The molecule has 0 aliphatic heterocycles. The van der Waals surface area contributed by atoms with Crippen molar-refractivity contribution < 1.29 is 4.79 Å². The second kappa shape index (κ2) is 6.27. The highest BCUT2D eigenvalue weighted by Gasteiger charge is 2.12. The number of rotatable bonds is 5. The van der Waals surface area contributed by atoms with Gasteiger partial charge in [-0.25, -0.2) is 9.97 Å². The molecule has 6 heteroatoms. The first-order valence-electron chi connectivity index (χ1n) is 5.15. The van der Waals surface area contributed by atoms with Gasteiger partial charge in [-0.05, 0) is 13.3 Å². The summed E-state index contributed by atoms with van der Waals surface area (Å²) in [4.78, 5) is 19.4. The summed E-state index contributed by atoms with van der Waals surface area (Å²) in [5.41, 5.74) is 0. The van der Waals surface area contributed by atoms with Crippen LogP contribution in [0.4, 0.5) is 5.95 Å². The average Bonchev–Trinajstić information content (AvgIpc) is 2.29. The van der Waals surface area contributed by atoms with E-state index in [0.717, 1.165) is 6.42 Å². The number of halogens is 1. The molecule has 1 aromatic heterocycles. The fourth-order valence-corrected chi connectivity index (χ4v) is 1.14. The zero-order valence-electron chi connectivity index (χ0n) is 9.33. The highest BCUT2D eigenvalue weighted by atomic mass is 35.5. The molecule has 1 unspecified atom stereocenters. The monoisotopic (exact) mass is 242 g/mol. The number of hydrogen-bond acceptors (Lipinski definition) is 4. The normalized spacial score (nSPS) is 11.9. The summed E-state index contributed by atoms with van der Waals surface area (Å²) >= 11 is 5.65. The molecular formula is C10H15ClN4O. The summed E-state index contributed by atoms with van der Waals surface area (Å²) < 4.78 is 0. The van der Waals surface area contributed by atoms with E-state index in [2.05, 4.69) is 20.6 Å². The number of carbonyl (C=O) groups excluding carboxylic acids is 1. The van der Waals surface area contributed by atoms with Crippen molar-refractivity contribution >= 4 is 23.5 Å². The van der Waals surface area contributed by atoms with E-state index in [0.29, 0.717) is 17.5 Å². The third-order valence-electron chi connectivity index (χ3n) is 1.91. The molecule has 1 atom stereocenters. The van der Waals surface area contributed by atoms with E-state index >= 15 is 0 Å². The Labute approximate surface area is 99.6 Å². The highest BCUT2D eigenvalue weighted by molar-refractivity contribution is 6.30. The summed E-state index contributed by atoms with van der Waals surface area (Å²) in [5.74, 6) is 0.323. The van der Waals surface area contributed by atoms with Crippen molar-refractivity contribution in [1.29, 1.82) is 0 Å². The quantitative estimate of drug-likeness (QED) is 0.820. The second-order valence-electron chi connectivity index (χ2n) is 3.38. The van der Waals surface area contributed by atoms with Crippen molar-refractivity contribution in [3.63, 3.8) is 0 Å². The first-order valence-corrected chi connectivity index (χ1v) is 5.53. The average molecular weight is 243 g/mol. The van der Waals surface area contributed by atoms with Crippen LogP contribution < -0.4 is 10.6 Å². The van der Waals surface area contributed by atoms with Gasteiger partial charge in [0, 0.05) is 6.54 Å². The van der Waals surface area contributed by atoms with Crippen LogP contribution in [-0.4, -0.2) is 28.5 Å². The summed E-state index contributed by atoms with van der Waals surface area (Å²) in [6.45, 7) is 4.43. The van der Waals surface area contributed by atoms with Crippen LogP contribution in [-0.2, 0) is 4.79 Å². The minimum atomic E-state index is -0.368. The van der Waals surface area contributed by atoms with Crippen LogP contribution in [0.15, 0.2) is 12.4 Å². The van der Waals surface area contributed by atoms with E-state index in [1.807, 2.05) is 6.92 Å². The summed E-state index contributed by atoms with van der Waals surface area (Å²) in [6, 6.07) is -0.368. The van der Waals surface area contributed by atoms with Crippen molar-refractivity contribution in [3.05, 3.63) is 17.4 Å². The predicted octanol–water partition coefficient (Wildman–Crippen LogP) is 1.46. The molecular weight excluding hydrogens is 228 g/mol. The molecule has 0 saturated heterocycles. The molecule has 16 heavy (non-hydrogen) atoms. The molecule has 0 radical (unpaired) electrons. The topological polar surface area (TPSA) is 66.9 Å². The lowest BCUT2D eigenvalue weighted by Gasteiger charge is -2.13. The van der Waals surface area contributed by atoms with E-state index in [-0.39, 0.29) is 11.9 Å². The summed E-state index contributed by atoms with van der Waals surface area (Å²) in [5, 5.41) is 6.13. The van der Waals surface area contributed by atoms with Crippen molar-refractivity contribution in [1.82, 2.24) is 15.3 Å². The number of aromatic nitrogens is 2. The van der Waals surface area contributed by atoms with Crippen LogP contribution >= 0.6 is 11.6 Å². The highest BCUT2D eigenvalue weighted by Crippen LogP contribution is 2.06. The van der Waals surface area contributed by atoms with Crippen LogP contribution in [0.1, 0.15) is 20.3 Å². The maximum Gasteiger partial charge on any atom is 0.242 e. The van der Waals surface area contributed by atoms with Gasteiger partial charge in [0.15, 0.2) is 0 Å². The number of hydrogen-bond donors (Lipinski definition) is 2. The van der Waals surface area contributed by atoms with Gasteiger partial charge in [0.25, 0.3) is 0 Å². The lowest BCUT2D eigenvalue weighted by atomic mass is 10.3. The van der Waals surface area contributed by atoms with Crippen LogP contribution in [0.25, 0.3) is 0 Å². The molecule has 1 amide bonds. The molecule has 1 aromatic rings. The van der Waals surface area contributed by atoms with Gasteiger partial charge in [0.05, 0.1) is 17.4 Å². The third kappa shape index (κ3) is 4.02. The molecule has 0 fully saturated rings. The zero-order valence-corrected chi connectivity index (χ0v) is 10.1. The number of nitrogens with one attached hydrogen (secondary N) is 2. The minimum absolute atomic E-state index is 0.0691. The largest absolute Gasteiger partial charge is 0.354 e. The predicted molar refractivity (Wildman–Crippen MR) is 63.4 cm³/mol. The van der Waals surface area contributed by atoms with Gasteiger partial charge in [-0.2, -0.15) is 0 Å². The molecule has 0 aliphatic rings. The van der Waals surface area contributed by atoms with Gasteiger partial charge in [-0.3, -0.25) is 4.79 Å². The molecule has 5 nitrogen and oxygen atoms in total. The smallest absolute Gasteiger partial charge is 0.242 e. The lowest BCUT2D eigenvalue weighted by Crippen LogP contribution is -2.38. The fraction of sp³-hybridized carbons (Fsp3) is 0.500. The van der Waals surface area contributed by atoms with E-state index < -0.39 is 0 Å². The van der Waals surface area contributed by atoms with Crippen LogP contribution in [0.5, 0.6) is 0 Å². The third-order valence-corrected chi connectivity index (χ3v) is 2.10. The Morgan fingerprint density at radius 1 is 1.50 bits per heavy atom. The summed E-state index contributed by atoms with van der Waals surface area (Å²) in [6.07, 6.45) is 3.87. The van der Waals surface area contributed by atoms with Gasteiger partial charge in [-0.15, -0.1) is 0 Å². The van der Waals surface area contributed by atoms with E-state index in [4.69, 9.17) is 11.6 Å². The van der Waals surface area contributed by atoms with Gasteiger partial charge >= 0.3 is 0 Å². The molecule has 88 valence electrons. The molecule has 0 bridgehead atoms. The maximum atomic E-state index is 11.5.